The van der Waals surface area contributed by atoms with Crippen LogP contribution in [0, 0.1) is 13.8 Å². The van der Waals surface area contributed by atoms with Crippen molar-refractivity contribution in [3.8, 4) is 0 Å². The van der Waals surface area contributed by atoms with Crippen molar-refractivity contribution in [1.82, 2.24) is 0 Å². The lowest BCUT2D eigenvalue weighted by Gasteiger charge is -2.25. The lowest BCUT2D eigenvalue weighted by Crippen LogP contribution is -2.09. The molecule has 0 aliphatic carbocycles. The minimum atomic E-state index is 0.830. The number of fused-ring (bicyclic) bond motifs is 9. The Morgan fingerprint density at radius 3 is 1.00 bits per heavy atom. The predicted molar refractivity (Wildman–Crippen MR) is 227 cm³/mol. The van der Waals surface area contributed by atoms with Gasteiger partial charge in [0.05, 0.1) is 0 Å². The average Bonchev–Trinajstić information content (AvgIpc) is 3.91. The molecule has 11 rings (SSSR count). The van der Waals surface area contributed by atoms with E-state index in [1.54, 1.807) is 0 Å². The number of aryl methyl sites for hydroxylation is 2. The summed E-state index contributed by atoms with van der Waals surface area (Å²) in [6.07, 6.45) is 0. The summed E-state index contributed by atoms with van der Waals surface area (Å²) in [4.78, 5) is 4.51. The van der Waals surface area contributed by atoms with Gasteiger partial charge in [0.1, 0.15) is 33.5 Å². The van der Waals surface area contributed by atoms with Gasteiger partial charge in [-0.05, 0) is 98.8 Å². The van der Waals surface area contributed by atoms with Crippen molar-refractivity contribution in [2.45, 2.75) is 13.8 Å². The van der Waals surface area contributed by atoms with Crippen LogP contribution in [0.5, 0.6) is 0 Å². The average molecular weight is 711 g/mol. The van der Waals surface area contributed by atoms with Gasteiger partial charge in [-0.2, -0.15) is 0 Å². The van der Waals surface area contributed by atoms with Crippen LogP contribution in [0.25, 0.3) is 65.8 Å². The summed E-state index contributed by atoms with van der Waals surface area (Å²) in [7, 11) is 0. The van der Waals surface area contributed by atoms with Crippen LogP contribution in [-0.2, 0) is 0 Å². The first-order valence-corrected chi connectivity index (χ1v) is 18.6. The molecule has 5 heteroatoms. The van der Waals surface area contributed by atoms with Crippen LogP contribution in [0.2, 0.25) is 0 Å². The Labute approximate surface area is 316 Å². The highest BCUT2D eigenvalue weighted by molar-refractivity contribution is 6.21. The van der Waals surface area contributed by atoms with E-state index in [0.717, 1.165) is 111 Å². The number of para-hydroxylation sites is 4. The highest BCUT2D eigenvalue weighted by atomic mass is 16.3. The fraction of sp³-hybridized carbons (Fsp3) is 0.0400. The van der Waals surface area contributed by atoms with E-state index in [1.165, 1.54) is 0 Å². The summed E-state index contributed by atoms with van der Waals surface area (Å²) in [6, 6.07) is 59.0. The van der Waals surface area contributed by atoms with Crippen LogP contribution in [-0.4, -0.2) is 0 Å². The zero-order valence-corrected chi connectivity index (χ0v) is 30.3. The highest BCUT2D eigenvalue weighted by Gasteiger charge is 2.23. The molecule has 0 fully saturated rings. The number of hydrogen-bond acceptors (Lipinski definition) is 5. The summed E-state index contributed by atoms with van der Waals surface area (Å²) in [6.45, 7) is 4.27. The van der Waals surface area contributed by atoms with Gasteiger partial charge in [0.25, 0.3) is 0 Å². The SMILES string of the molecule is Cc1c2oc3c(C)c4c(cc3c2cc2oc3cc(N(c5ccccc5)c5ccccc5)ccc3c12)oc1cc(N(c2ccccc2)c2ccccc2)ccc14. The molecule has 0 aliphatic heterocycles. The first-order valence-electron chi connectivity index (χ1n) is 18.6. The predicted octanol–water partition coefficient (Wildman–Crippen LogP) is 14.9. The van der Waals surface area contributed by atoms with E-state index in [9.17, 15) is 0 Å². The van der Waals surface area contributed by atoms with Crippen LogP contribution in [0.15, 0.2) is 183 Å². The molecule has 0 saturated heterocycles. The molecule has 8 aromatic carbocycles. The summed E-state index contributed by atoms with van der Waals surface area (Å²) >= 11 is 0. The van der Waals surface area contributed by atoms with Gasteiger partial charge in [0.15, 0.2) is 0 Å². The summed E-state index contributed by atoms with van der Waals surface area (Å²) in [5.74, 6) is 0. The van der Waals surface area contributed by atoms with E-state index in [4.69, 9.17) is 13.3 Å². The Morgan fingerprint density at radius 2 is 0.655 bits per heavy atom. The summed E-state index contributed by atoms with van der Waals surface area (Å²) in [5.41, 5.74) is 13.6. The van der Waals surface area contributed by atoms with Gasteiger partial charge in [-0.3, -0.25) is 0 Å². The molecule has 5 nitrogen and oxygen atoms in total. The molecule has 3 heterocycles. The van der Waals surface area contributed by atoms with Gasteiger partial charge in [-0.15, -0.1) is 0 Å². The number of benzene rings is 8. The van der Waals surface area contributed by atoms with Gasteiger partial charge < -0.3 is 23.1 Å². The number of anilines is 6. The quantitative estimate of drug-likeness (QED) is 0.172. The maximum absolute atomic E-state index is 6.82. The molecule has 0 bridgehead atoms. The molecule has 0 atom stereocenters. The molecule has 3 aromatic heterocycles. The van der Waals surface area contributed by atoms with Crippen molar-refractivity contribution in [3.63, 3.8) is 0 Å². The molecule has 0 N–H and O–H groups in total. The van der Waals surface area contributed by atoms with Crippen molar-refractivity contribution < 1.29 is 13.3 Å². The fourth-order valence-corrected chi connectivity index (χ4v) is 8.46. The number of hydrogen-bond donors (Lipinski definition) is 0. The second-order valence-corrected chi connectivity index (χ2v) is 14.2. The van der Waals surface area contributed by atoms with E-state index < -0.39 is 0 Å². The van der Waals surface area contributed by atoms with Crippen molar-refractivity contribution >= 4 is 99.9 Å². The molecule has 11 aromatic rings. The molecule has 0 amide bonds. The van der Waals surface area contributed by atoms with Gasteiger partial charge in [0, 0.05) is 89.7 Å². The van der Waals surface area contributed by atoms with Gasteiger partial charge in [-0.25, -0.2) is 0 Å². The largest absolute Gasteiger partial charge is 0.456 e. The zero-order chi connectivity index (χ0) is 36.6. The van der Waals surface area contributed by atoms with Crippen molar-refractivity contribution in [2.75, 3.05) is 9.80 Å². The summed E-state index contributed by atoms with van der Waals surface area (Å²) < 4.78 is 20.2. The Hall–Kier alpha value is -7.24. The van der Waals surface area contributed by atoms with Gasteiger partial charge >= 0.3 is 0 Å². The monoisotopic (exact) mass is 710 g/mol. The van der Waals surface area contributed by atoms with Crippen LogP contribution in [0.4, 0.5) is 34.1 Å². The molecule has 0 spiro atoms. The van der Waals surface area contributed by atoms with E-state index in [2.05, 4.69) is 169 Å². The lowest BCUT2D eigenvalue weighted by atomic mass is 10.0. The van der Waals surface area contributed by atoms with Gasteiger partial charge in [0.2, 0.25) is 0 Å². The molecule has 0 aliphatic rings. The van der Waals surface area contributed by atoms with Gasteiger partial charge in [-0.1, -0.05) is 72.8 Å². The third-order valence-corrected chi connectivity index (χ3v) is 10.9. The van der Waals surface area contributed by atoms with Crippen molar-refractivity contribution in [1.29, 1.82) is 0 Å². The van der Waals surface area contributed by atoms with Crippen LogP contribution < -0.4 is 9.80 Å². The van der Waals surface area contributed by atoms with E-state index in [-0.39, 0.29) is 0 Å². The Bertz CT molecular complexity index is 2920. The minimum absolute atomic E-state index is 0.830. The van der Waals surface area contributed by atoms with E-state index in [0.29, 0.717) is 0 Å². The normalized spacial score (nSPS) is 11.8. The second-order valence-electron chi connectivity index (χ2n) is 14.2. The first-order chi connectivity index (χ1) is 27.1. The molecule has 262 valence electrons. The molecule has 55 heavy (non-hydrogen) atoms. The molecule has 0 unspecified atom stereocenters. The molecule has 0 saturated carbocycles. The smallest absolute Gasteiger partial charge is 0.139 e. The van der Waals surface area contributed by atoms with E-state index >= 15 is 0 Å². The molecule has 0 radical (unpaired) electrons. The maximum Gasteiger partial charge on any atom is 0.139 e. The number of rotatable bonds is 6. The molecular formula is C50H34N2O3. The first kappa shape index (κ1) is 31.3. The standard InChI is InChI=1S/C50H34N2O3/c1-31-47-39-25-23-37(51(33-15-7-3-8-16-33)34-17-9-4-10-18-34)27-43(39)53-45(47)29-41-42-30-46-48(32(2)50(42)55-49(31)41)40-26-24-38(28-44(40)54-46)52(35-19-11-5-12-20-35)36-21-13-6-14-22-36/h3-30H,1-2H3. The van der Waals surface area contributed by atoms with Crippen molar-refractivity contribution in [3.05, 3.63) is 181 Å². The van der Waals surface area contributed by atoms with Crippen LogP contribution >= 0.6 is 0 Å². The Balaban J connectivity index is 1.06. The third kappa shape index (κ3) is 4.87. The van der Waals surface area contributed by atoms with Crippen molar-refractivity contribution in [2.24, 2.45) is 0 Å². The second kappa shape index (κ2) is 12.2. The van der Waals surface area contributed by atoms with Crippen LogP contribution in [0.3, 0.4) is 0 Å². The molecular weight excluding hydrogens is 677 g/mol. The fourth-order valence-electron chi connectivity index (χ4n) is 8.46. The number of nitrogens with zero attached hydrogens (tertiary/aromatic N) is 2. The number of furan rings is 3. The highest BCUT2D eigenvalue weighted by Crippen LogP contribution is 2.46. The topological polar surface area (TPSA) is 45.9 Å². The lowest BCUT2D eigenvalue weighted by molar-refractivity contribution is 0.658. The minimum Gasteiger partial charge on any atom is -0.456 e. The zero-order valence-electron chi connectivity index (χ0n) is 30.3. The van der Waals surface area contributed by atoms with Crippen LogP contribution in [0.1, 0.15) is 11.1 Å². The third-order valence-electron chi connectivity index (χ3n) is 10.9. The summed E-state index contributed by atoms with van der Waals surface area (Å²) in [5, 5.41) is 6.29. The Morgan fingerprint density at radius 1 is 0.309 bits per heavy atom. The Kier molecular flexibility index (Phi) is 6.92. The maximum atomic E-state index is 6.82. The van der Waals surface area contributed by atoms with E-state index in [1.807, 2.05) is 24.3 Å².